The molecule has 1 aliphatic rings. The number of hydrogen-bond donors (Lipinski definition) is 2. The molecule has 5 nitrogen and oxygen atoms in total. The Bertz CT molecular complexity index is 438. The van der Waals surface area contributed by atoms with Crippen molar-refractivity contribution >= 4 is 5.84 Å². The predicted octanol–water partition coefficient (Wildman–Crippen LogP) is 1.70. The average Bonchev–Trinajstić information content (AvgIpc) is 2.76. The summed E-state index contributed by atoms with van der Waals surface area (Å²) in [5, 5.41) is 15.7. The molecule has 1 aliphatic carbocycles. The molecule has 0 saturated heterocycles. The lowest BCUT2D eigenvalue weighted by Crippen LogP contribution is -2.20. The van der Waals surface area contributed by atoms with Crippen LogP contribution < -0.4 is 10.5 Å². The summed E-state index contributed by atoms with van der Waals surface area (Å²) >= 11 is 0. The second-order valence-corrected chi connectivity index (χ2v) is 4.53. The number of rotatable bonds is 3. The van der Waals surface area contributed by atoms with Crippen LogP contribution in [0.15, 0.2) is 0 Å². The van der Waals surface area contributed by atoms with Crippen molar-refractivity contribution in [2.24, 2.45) is 5.73 Å². The van der Waals surface area contributed by atoms with E-state index in [1.165, 1.54) is 12.8 Å². The molecule has 0 spiro atoms. The lowest BCUT2D eigenvalue weighted by atomic mass is 10.1. The number of nitrogens with one attached hydrogen (secondary N) is 1. The Morgan fingerprint density at radius 1 is 1.29 bits per heavy atom. The van der Waals surface area contributed by atoms with E-state index in [0.717, 1.165) is 24.1 Å². The summed E-state index contributed by atoms with van der Waals surface area (Å²) in [6.45, 7) is 3.75. The van der Waals surface area contributed by atoms with E-state index in [2.05, 4.69) is 10.2 Å². The normalized spacial score (nSPS) is 16.1. The van der Waals surface area contributed by atoms with E-state index in [4.69, 9.17) is 15.9 Å². The van der Waals surface area contributed by atoms with Gasteiger partial charge in [-0.1, -0.05) is 0 Å². The molecule has 0 aliphatic heterocycles. The summed E-state index contributed by atoms with van der Waals surface area (Å²) < 4.78 is 5.81. The second-order valence-electron chi connectivity index (χ2n) is 4.53. The number of nitrogens with two attached hydrogens (primary N) is 1. The van der Waals surface area contributed by atoms with Gasteiger partial charge in [-0.3, -0.25) is 5.41 Å². The highest BCUT2D eigenvalue weighted by Gasteiger charge is 2.21. The number of hydrogen-bond acceptors (Lipinski definition) is 4. The molecular formula is C12H18N4O. The number of nitrogens with zero attached hydrogens (tertiary/aromatic N) is 2. The monoisotopic (exact) mass is 234 g/mol. The molecule has 3 N–H and O–H groups in total. The molecule has 1 aromatic rings. The number of ether oxygens (including phenoxy) is 1. The van der Waals surface area contributed by atoms with Gasteiger partial charge in [0.1, 0.15) is 11.9 Å². The first-order valence-corrected chi connectivity index (χ1v) is 5.94. The van der Waals surface area contributed by atoms with Crippen LogP contribution in [0.2, 0.25) is 0 Å². The van der Waals surface area contributed by atoms with Crippen molar-refractivity contribution in [2.45, 2.75) is 45.6 Å². The first-order chi connectivity index (χ1) is 8.09. The quantitative estimate of drug-likeness (QED) is 0.615. The van der Waals surface area contributed by atoms with Gasteiger partial charge in [0.05, 0.1) is 11.3 Å². The molecule has 92 valence electrons. The van der Waals surface area contributed by atoms with E-state index in [9.17, 15) is 0 Å². The van der Waals surface area contributed by atoms with Gasteiger partial charge in [-0.25, -0.2) is 0 Å². The van der Waals surface area contributed by atoms with Crippen molar-refractivity contribution in [1.29, 1.82) is 5.41 Å². The lowest BCUT2D eigenvalue weighted by molar-refractivity contribution is 0.198. The summed E-state index contributed by atoms with van der Waals surface area (Å²) in [5.41, 5.74) is 7.84. The van der Waals surface area contributed by atoms with Crippen LogP contribution >= 0.6 is 0 Å². The SMILES string of the molecule is Cc1nnc(OC2CCCC2)c(C(=N)N)c1C. The van der Waals surface area contributed by atoms with Crippen molar-refractivity contribution in [3.05, 3.63) is 16.8 Å². The highest BCUT2D eigenvalue weighted by atomic mass is 16.5. The summed E-state index contributed by atoms with van der Waals surface area (Å²) in [5.74, 6) is 0.404. The molecule has 0 bridgehead atoms. The Balaban J connectivity index is 2.32. The van der Waals surface area contributed by atoms with E-state index in [-0.39, 0.29) is 11.9 Å². The van der Waals surface area contributed by atoms with Gasteiger partial charge in [0, 0.05) is 0 Å². The van der Waals surface area contributed by atoms with Crippen LogP contribution in [-0.4, -0.2) is 22.1 Å². The van der Waals surface area contributed by atoms with Crippen LogP contribution in [-0.2, 0) is 0 Å². The van der Waals surface area contributed by atoms with Crippen molar-refractivity contribution in [1.82, 2.24) is 10.2 Å². The molecule has 0 aromatic carbocycles. The van der Waals surface area contributed by atoms with Gasteiger partial charge < -0.3 is 10.5 Å². The van der Waals surface area contributed by atoms with Gasteiger partial charge in [-0.05, 0) is 45.1 Å². The van der Waals surface area contributed by atoms with E-state index in [1.807, 2.05) is 13.8 Å². The standard InChI is InChI=1S/C12H18N4O/c1-7-8(2)15-16-12(10(7)11(13)14)17-9-5-3-4-6-9/h9H,3-6H2,1-2H3,(H3,13,14). The van der Waals surface area contributed by atoms with Crippen LogP contribution in [0, 0.1) is 19.3 Å². The largest absolute Gasteiger partial charge is 0.473 e. The minimum absolute atomic E-state index is 0.00602. The lowest BCUT2D eigenvalue weighted by Gasteiger charge is -2.16. The molecular weight excluding hydrogens is 216 g/mol. The predicted molar refractivity (Wildman–Crippen MR) is 65.4 cm³/mol. The first-order valence-electron chi connectivity index (χ1n) is 5.94. The Labute approximate surface area is 101 Å². The summed E-state index contributed by atoms with van der Waals surface area (Å²) in [4.78, 5) is 0. The number of aromatic nitrogens is 2. The van der Waals surface area contributed by atoms with E-state index in [0.29, 0.717) is 11.4 Å². The molecule has 1 aromatic heterocycles. The number of nitrogen functional groups attached to an aromatic ring is 1. The maximum absolute atomic E-state index is 7.62. The Morgan fingerprint density at radius 2 is 1.94 bits per heavy atom. The van der Waals surface area contributed by atoms with E-state index in [1.54, 1.807) is 0 Å². The molecule has 1 fully saturated rings. The van der Waals surface area contributed by atoms with Crippen LogP contribution in [0.4, 0.5) is 0 Å². The minimum atomic E-state index is -0.00602. The van der Waals surface area contributed by atoms with Crippen LogP contribution in [0.5, 0.6) is 5.88 Å². The fourth-order valence-corrected chi connectivity index (χ4v) is 2.15. The van der Waals surface area contributed by atoms with Gasteiger partial charge in [0.25, 0.3) is 0 Å². The fourth-order valence-electron chi connectivity index (χ4n) is 2.15. The first kappa shape index (κ1) is 11.8. The van der Waals surface area contributed by atoms with Gasteiger partial charge in [0.15, 0.2) is 0 Å². The van der Waals surface area contributed by atoms with Crippen LogP contribution in [0.1, 0.15) is 42.5 Å². The molecule has 2 rings (SSSR count). The Kier molecular flexibility index (Phi) is 3.26. The van der Waals surface area contributed by atoms with Gasteiger partial charge in [0.2, 0.25) is 5.88 Å². The number of amidine groups is 1. The molecule has 1 saturated carbocycles. The average molecular weight is 234 g/mol. The van der Waals surface area contributed by atoms with Crippen LogP contribution in [0.3, 0.4) is 0 Å². The molecule has 0 amide bonds. The fraction of sp³-hybridized carbons (Fsp3) is 0.583. The third kappa shape index (κ3) is 2.38. The minimum Gasteiger partial charge on any atom is -0.473 e. The van der Waals surface area contributed by atoms with Gasteiger partial charge >= 0.3 is 0 Å². The van der Waals surface area contributed by atoms with Crippen molar-refractivity contribution in [3.63, 3.8) is 0 Å². The second kappa shape index (κ2) is 4.69. The number of aryl methyl sites for hydroxylation is 1. The maximum atomic E-state index is 7.62. The highest BCUT2D eigenvalue weighted by Crippen LogP contribution is 2.26. The zero-order valence-electron chi connectivity index (χ0n) is 10.3. The zero-order valence-corrected chi connectivity index (χ0v) is 10.3. The van der Waals surface area contributed by atoms with Gasteiger partial charge in [-0.2, -0.15) is 5.10 Å². The zero-order chi connectivity index (χ0) is 12.4. The molecule has 0 unspecified atom stereocenters. The topological polar surface area (TPSA) is 84.9 Å². The van der Waals surface area contributed by atoms with Gasteiger partial charge in [-0.15, -0.1) is 5.10 Å². The summed E-state index contributed by atoms with van der Waals surface area (Å²) in [7, 11) is 0. The van der Waals surface area contributed by atoms with Crippen molar-refractivity contribution in [3.8, 4) is 5.88 Å². The molecule has 0 radical (unpaired) electrons. The Morgan fingerprint density at radius 3 is 2.53 bits per heavy atom. The maximum Gasteiger partial charge on any atom is 0.245 e. The summed E-state index contributed by atoms with van der Waals surface area (Å²) in [6, 6.07) is 0. The van der Waals surface area contributed by atoms with E-state index < -0.39 is 0 Å². The summed E-state index contributed by atoms with van der Waals surface area (Å²) in [6.07, 6.45) is 4.68. The molecule has 0 atom stereocenters. The highest BCUT2D eigenvalue weighted by molar-refractivity contribution is 5.98. The van der Waals surface area contributed by atoms with Crippen molar-refractivity contribution in [2.75, 3.05) is 0 Å². The van der Waals surface area contributed by atoms with Crippen molar-refractivity contribution < 1.29 is 4.74 Å². The van der Waals surface area contributed by atoms with Crippen LogP contribution in [0.25, 0.3) is 0 Å². The smallest absolute Gasteiger partial charge is 0.245 e. The van der Waals surface area contributed by atoms with E-state index >= 15 is 0 Å². The molecule has 1 heterocycles. The molecule has 5 heteroatoms. The third-order valence-corrected chi connectivity index (χ3v) is 3.27. The molecule has 17 heavy (non-hydrogen) atoms. The Hall–Kier alpha value is -1.65. The third-order valence-electron chi connectivity index (χ3n) is 3.27.